The fourth-order valence-electron chi connectivity index (χ4n) is 2.15. The van der Waals surface area contributed by atoms with Gasteiger partial charge in [-0.2, -0.15) is 0 Å². The van der Waals surface area contributed by atoms with Crippen molar-refractivity contribution in [2.75, 3.05) is 13.7 Å². The van der Waals surface area contributed by atoms with Crippen LogP contribution in [0.4, 0.5) is 0 Å². The predicted molar refractivity (Wildman–Crippen MR) is 77.4 cm³/mol. The molecule has 1 atom stereocenters. The standard InChI is InChI=1S/C16H20N2O/c1-3-18-16(11-13-5-4-10-17-12-13)14-6-8-15(19-2)9-7-14/h4-10,12,16,18H,3,11H2,1-2H3. The zero-order valence-corrected chi connectivity index (χ0v) is 11.5. The highest BCUT2D eigenvalue weighted by atomic mass is 16.5. The SMILES string of the molecule is CCNC(Cc1cccnc1)c1ccc(OC)cc1. The van der Waals surface area contributed by atoms with Crippen molar-refractivity contribution in [3.05, 3.63) is 59.9 Å². The highest BCUT2D eigenvalue weighted by molar-refractivity contribution is 5.30. The lowest BCUT2D eigenvalue weighted by molar-refractivity contribution is 0.414. The predicted octanol–water partition coefficient (Wildman–Crippen LogP) is 2.98. The summed E-state index contributed by atoms with van der Waals surface area (Å²) in [5.41, 5.74) is 2.51. The van der Waals surface area contributed by atoms with E-state index in [9.17, 15) is 0 Å². The highest BCUT2D eigenvalue weighted by Crippen LogP contribution is 2.21. The van der Waals surface area contributed by atoms with E-state index in [1.54, 1.807) is 13.3 Å². The van der Waals surface area contributed by atoms with E-state index in [0.29, 0.717) is 6.04 Å². The van der Waals surface area contributed by atoms with E-state index in [4.69, 9.17) is 4.74 Å². The first-order chi connectivity index (χ1) is 9.33. The molecule has 0 spiro atoms. The molecule has 0 saturated carbocycles. The molecule has 3 heteroatoms. The first-order valence-electron chi connectivity index (χ1n) is 6.59. The summed E-state index contributed by atoms with van der Waals surface area (Å²) in [5.74, 6) is 0.889. The lowest BCUT2D eigenvalue weighted by Gasteiger charge is -2.18. The molecule has 1 aromatic heterocycles. The van der Waals surface area contributed by atoms with Crippen LogP contribution in [0, 0.1) is 0 Å². The van der Waals surface area contributed by atoms with Gasteiger partial charge in [0.1, 0.15) is 5.75 Å². The van der Waals surface area contributed by atoms with E-state index < -0.39 is 0 Å². The zero-order chi connectivity index (χ0) is 13.5. The number of rotatable bonds is 6. The molecule has 2 rings (SSSR count). The summed E-state index contributed by atoms with van der Waals surface area (Å²) in [6, 6.07) is 12.6. The molecule has 0 saturated heterocycles. The minimum absolute atomic E-state index is 0.306. The third-order valence-electron chi connectivity index (χ3n) is 3.13. The number of ether oxygens (including phenoxy) is 1. The number of nitrogens with one attached hydrogen (secondary N) is 1. The van der Waals surface area contributed by atoms with Crippen molar-refractivity contribution in [2.24, 2.45) is 0 Å². The normalized spacial score (nSPS) is 12.1. The molecule has 0 aliphatic heterocycles. The molecule has 1 N–H and O–H groups in total. The minimum atomic E-state index is 0.306. The molecule has 0 radical (unpaired) electrons. The Morgan fingerprint density at radius 1 is 1.21 bits per heavy atom. The number of aromatic nitrogens is 1. The van der Waals surface area contributed by atoms with Crippen LogP contribution in [-0.2, 0) is 6.42 Å². The van der Waals surface area contributed by atoms with Crippen LogP contribution >= 0.6 is 0 Å². The molecular formula is C16H20N2O. The average Bonchev–Trinajstić information content (AvgIpc) is 2.48. The third kappa shape index (κ3) is 3.80. The van der Waals surface area contributed by atoms with Crippen molar-refractivity contribution in [3.63, 3.8) is 0 Å². The van der Waals surface area contributed by atoms with Gasteiger partial charge in [-0.15, -0.1) is 0 Å². The molecule has 19 heavy (non-hydrogen) atoms. The monoisotopic (exact) mass is 256 g/mol. The molecule has 0 aliphatic rings. The molecule has 0 amide bonds. The molecule has 0 bridgehead atoms. The van der Waals surface area contributed by atoms with Crippen molar-refractivity contribution in [1.29, 1.82) is 0 Å². The van der Waals surface area contributed by atoms with Crippen LogP contribution in [0.5, 0.6) is 5.75 Å². The van der Waals surface area contributed by atoms with E-state index in [0.717, 1.165) is 18.7 Å². The summed E-state index contributed by atoms with van der Waals surface area (Å²) in [6.07, 6.45) is 4.67. The van der Waals surface area contributed by atoms with Crippen molar-refractivity contribution in [1.82, 2.24) is 10.3 Å². The van der Waals surface area contributed by atoms with Gasteiger partial charge >= 0.3 is 0 Å². The second-order valence-electron chi connectivity index (χ2n) is 4.45. The summed E-state index contributed by atoms with van der Waals surface area (Å²) in [7, 11) is 1.69. The summed E-state index contributed by atoms with van der Waals surface area (Å²) in [6.45, 7) is 3.07. The summed E-state index contributed by atoms with van der Waals surface area (Å²) in [5, 5.41) is 3.52. The van der Waals surface area contributed by atoms with Crippen LogP contribution < -0.4 is 10.1 Å². The van der Waals surface area contributed by atoms with E-state index in [1.165, 1.54) is 11.1 Å². The maximum Gasteiger partial charge on any atom is 0.118 e. The van der Waals surface area contributed by atoms with Crippen molar-refractivity contribution in [2.45, 2.75) is 19.4 Å². The van der Waals surface area contributed by atoms with Gasteiger partial charge in [-0.05, 0) is 42.3 Å². The van der Waals surface area contributed by atoms with Gasteiger partial charge in [-0.1, -0.05) is 25.1 Å². The molecule has 3 nitrogen and oxygen atoms in total. The Morgan fingerprint density at radius 2 is 2.00 bits per heavy atom. The Bertz CT molecular complexity index is 482. The molecule has 0 aliphatic carbocycles. The number of pyridine rings is 1. The fraction of sp³-hybridized carbons (Fsp3) is 0.312. The number of methoxy groups -OCH3 is 1. The second-order valence-corrected chi connectivity index (χ2v) is 4.45. The topological polar surface area (TPSA) is 34.2 Å². The number of benzene rings is 1. The lowest BCUT2D eigenvalue weighted by Crippen LogP contribution is -2.22. The van der Waals surface area contributed by atoms with Gasteiger partial charge in [0, 0.05) is 18.4 Å². The molecule has 1 unspecified atom stereocenters. The smallest absolute Gasteiger partial charge is 0.118 e. The summed E-state index contributed by atoms with van der Waals surface area (Å²) in [4.78, 5) is 4.17. The first-order valence-corrected chi connectivity index (χ1v) is 6.59. The Labute approximate surface area is 114 Å². The van der Waals surface area contributed by atoms with E-state index in [-0.39, 0.29) is 0 Å². The van der Waals surface area contributed by atoms with Gasteiger partial charge < -0.3 is 10.1 Å². The van der Waals surface area contributed by atoms with Crippen molar-refractivity contribution < 1.29 is 4.74 Å². The van der Waals surface area contributed by atoms with E-state index in [1.807, 2.05) is 24.4 Å². The zero-order valence-electron chi connectivity index (χ0n) is 11.5. The van der Waals surface area contributed by atoms with Gasteiger partial charge in [-0.25, -0.2) is 0 Å². The number of likely N-dealkylation sites (N-methyl/N-ethyl adjacent to an activating group) is 1. The van der Waals surface area contributed by atoms with Crippen molar-refractivity contribution in [3.8, 4) is 5.75 Å². The molecule has 0 fully saturated rings. The summed E-state index contributed by atoms with van der Waals surface area (Å²) < 4.78 is 5.20. The number of hydrogen-bond acceptors (Lipinski definition) is 3. The van der Waals surface area contributed by atoms with Crippen LogP contribution in [0.1, 0.15) is 24.1 Å². The van der Waals surface area contributed by atoms with Crippen molar-refractivity contribution >= 4 is 0 Å². The largest absolute Gasteiger partial charge is 0.497 e. The average molecular weight is 256 g/mol. The van der Waals surface area contributed by atoms with E-state index >= 15 is 0 Å². The quantitative estimate of drug-likeness (QED) is 0.862. The number of nitrogens with zero attached hydrogens (tertiary/aromatic N) is 1. The van der Waals surface area contributed by atoms with Gasteiger partial charge in [0.05, 0.1) is 7.11 Å². The molecule has 100 valence electrons. The Balaban J connectivity index is 2.14. The fourth-order valence-corrected chi connectivity index (χ4v) is 2.15. The summed E-state index contributed by atoms with van der Waals surface area (Å²) >= 11 is 0. The van der Waals surface area contributed by atoms with Gasteiger partial charge in [0.25, 0.3) is 0 Å². The maximum atomic E-state index is 5.20. The van der Waals surface area contributed by atoms with Gasteiger partial charge in [0.15, 0.2) is 0 Å². The molecule has 1 aromatic carbocycles. The molecule has 1 heterocycles. The van der Waals surface area contributed by atoms with Gasteiger partial charge in [-0.3, -0.25) is 4.98 Å². The van der Waals surface area contributed by atoms with Crippen LogP contribution in [0.15, 0.2) is 48.8 Å². The van der Waals surface area contributed by atoms with E-state index in [2.05, 4.69) is 35.4 Å². The van der Waals surface area contributed by atoms with Crippen LogP contribution in [-0.4, -0.2) is 18.6 Å². The Kier molecular flexibility index (Phi) is 4.93. The Hall–Kier alpha value is -1.87. The first kappa shape index (κ1) is 13.6. The molecular weight excluding hydrogens is 236 g/mol. The third-order valence-corrected chi connectivity index (χ3v) is 3.13. The minimum Gasteiger partial charge on any atom is -0.497 e. The molecule has 2 aromatic rings. The number of hydrogen-bond donors (Lipinski definition) is 1. The maximum absolute atomic E-state index is 5.20. The second kappa shape index (κ2) is 6.90. The van der Waals surface area contributed by atoms with Crippen LogP contribution in [0.25, 0.3) is 0 Å². The van der Waals surface area contributed by atoms with Crippen LogP contribution in [0.2, 0.25) is 0 Å². The van der Waals surface area contributed by atoms with Gasteiger partial charge in [0.2, 0.25) is 0 Å². The lowest BCUT2D eigenvalue weighted by atomic mass is 10.00. The van der Waals surface area contributed by atoms with Crippen LogP contribution in [0.3, 0.4) is 0 Å². The highest BCUT2D eigenvalue weighted by Gasteiger charge is 2.11. The Morgan fingerprint density at radius 3 is 2.58 bits per heavy atom.